The summed E-state index contributed by atoms with van der Waals surface area (Å²) in [5, 5.41) is 3.29. The number of hydrogen-bond acceptors (Lipinski definition) is 5. The number of aryl methyl sites for hydroxylation is 1. The first-order valence-corrected chi connectivity index (χ1v) is 7.11. The first-order chi connectivity index (χ1) is 10.8. The number of hydrogen-bond donors (Lipinski definition) is 2. The largest absolute Gasteiger partial charge is 0.493 e. The Kier molecular flexibility index (Phi) is 4.13. The van der Waals surface area contributed by atoms with E-state index < -0.39 is 0 Å². The van der Waals surface area contributed by atoms with Crippen molar-refractivity contribution in [3.8, 4) is 11.5 Å². The van der Waals surface area contributed by atoms with Gasteiger partial charge in [-0.3, -0.25) is 0 Å². The number of benzene rings is 1. The fourth-order valence-electron chi connectivity index (χ4n) is 2.31. The van der Waals surface area contributed by atoms with Crippen LogP contribution in [0.1, 0.15) is 6.42 Å². The van der Waals surface area contributed by atoms with Crippen LogP contribution < -0.4 is 14.8 Å². The lowest BCUT2D eigenvalue weighted by atomic mass is 10.3. The molecule has 0 aliphatic carbocycles. The van der Waals surface area contributed by atoms with Gasteiger partial charge in [0, 0.05) is 37.6 Å². The van der Waals surface area contributed by atoms with Crippen LogP contribution in [0.3, 0.4) is 0 Å². The Morgan fingerprint density at radius 1 is 1.23 bits per heavy atom. The Labute approximate surface area is 128 Å². The molecule has 2 heterocycles. The molecular weight excluding hydrogens is 282 g/mol. The summed E-state index contributed by atoms with van der Waals surface area (Å²) in [5.74, 6) is 2.11. The standard InChI is InChI=1S/C15H19N5O2/c1-21-13-8-11-12(9-14(13)22-2)19-15(18-11)17-4-3-6-20-7-5-16-10-20/h5,7-10H,3-4,6H2,1-2H3,(H2,17,18,19). The van der Waals surface area contributed by atoms with E-state index in [-0.39, 0.29) is 0 Å². The number of fused-ring (bicyclic) bond motifs is 1. The monoisotopic (exact) mass is 301 g/mol. The van der Waals surface area contributed by atoms with Crippen molar-refractivity contribution in [1.82, 2.24) is 19.5 Å². The normalized spacial score (nSPS) is 10.8. The maximum absolute atomic E-state index is 5.29. The minimum absolute atomic E-state index is 0.674. The summed E-state index contributed by atoms with van der Waals surface area (Å²) in [4.78, 5) is 11.8. The molecule has 0 aliphatic heterocycles. The van der Waals surface area contributed by atoms with Crippen LogP contribution in [0.4, 0.5) is 5.95 Å². The SMILES string of the molecule is COc1cc2nc(NCCCn3ccnc3)[nH]c2cc1OC. The number of nitrogens with one attached hydrogen (secondary N) is 2. The number of ether oxygens (including phenoxy) is 2. The van der Waals surface area contributed by atoms with Crippen LogP contribution in [0.2, 0.25) is 0 Å². The number of nitrogens with zero attached hydrogens (tertiary/aromatic N) is 3. The summed E-state index contributed by atoms with van der Waals surface area (Å²) in [6.07, 6.45) is 6.55. The van der Waals surface area contributed by atoms with Gasteiger partial charge in [0.05, 0.1) is 31.6 Å². The molecule has 3 aromatic rings. The Hall–Kier alpha value is -2.70. The first-order valence-electron chi connectivity index (χ1n) is 7.11. The lowest BCUT2D eigenvalue weighted by molar-refractivity contribution is 0.356. The average Bonchev–Trinajstić information content (AvgIpc) is 3.18. The number of methoxy groups -OCH3 is 2. The first kappa shape index (κ1) is 14.2. The maximum atomic E-state index is 5.29. The van der Waals surface area contributed by atoms with E-state index in [0.717, 1.165) is 36.5 Å². The fourth-order valence-corrected chi connectivity index (χ4v) is 2.31. The molecule has 0 amide bonds. The highest BCUT2D eigenvalue weighted by Gasteiger charge is 2.09. The van der Waals surface area contributed by atoms with Gasteiger partial charge < -0.3 is 24.3 Å². The number of H-pyrrole nitrogens is 1. The molecule has 3 rings (SSSR count). The third-order valence-electron chi connectivity index (χ3n) is 3.43. The Bertz CT molecular complexity index is 695. The van der Waals surface area contributed by atoms with Crippen molar-refractivity contribution in [1.29, 1.82) is 0 Å². The summed E-state index contributed by atoms with van der Waals surface area (Å²) < 4.78 is 12.6. The highest BCUT2D eigenvalue weighted by Crippen LogP contribution is 2.31. The average molecular weight is 301 g/mol. The molecule has 2 N–H and O–H groups in total. The lowest BCUT2D eigenvalue weighted by Gasteiger charge is -2.06. The van der Waals surface area contributed by atoms with E-state index in [1.165, 1.54) is 0 Å². The smallest absolute Gasteiger partial charge is 0.201 e. The van der Waals surface area contributed by atoms with Gasteiger partial charge in [-0.15, -0.1) is 0 Å². The highest BCUT2D eigenvalue weighted by molar-refractivity contribution is 5.81. The third kappa shape index (κ3) is 2.98. The van der Waals surface area contributed by atoms with Gasteiger partial charge in [-0.1, -0.05) is 0 Å². The third-order valence-corrected chi connectivity index (χ3v) is 3.43. The van der Waals surface area contributed by atoms with Gasteiger partial charge >= 0.3 is 0 Å². The molecule has 0 bridgehead atoms. The van der Waals surface area contributed by atoms with Gasteiger partial charge in [0.15, 0.2) is 11.5 Å². The zero-order valence-corrected chi connectivity index (χ0v) is 12.7. The summed E-state index contributed by atoms with van der Waals surface area (Å²) >= 11 is 0. The molecule has 0 saturated carbocycles. The Balaban J connectivity index is 1.64. The molecule has 116 valence electrons. The second kappa shape index (κ2) is 6.38. The molecule has 0 spiro atoms. The van der Waals surface area contributed by atoms with Crippen molar-refractivity contribution in [2.24, 2.45) is 0 Å². The van der Waals surface area contributed by atoms with Gasteiger partial charge in [-0.2, -0.15) is 0 Å². The van der Waals surface area contributed by atoms with E-state index in [0.29, 0.717) is 11.5 Å². The van der Waals surface area contributed by atoms with Crippen LogP contribution in [0, 0.1) is 0 Å². The van der Waals surface area contributed by atoms with Gasteiger partial charge in [-0.25, -0.2) is 9.97 Å². The minimum atomic E-state index is 0.674. The Morgan fingerprint density at radius 2 is 2.05 bits per heavy atom. The number of aromatic amines is 1. The van der Waals surface area contributed by atoms with Gasteiger partial charge in [0.2, 0.25) is 5.95 Å². The molecule has 0 atom stereocenters. The number of anilines is 1. The van der Waals surface area contributed by atoms with Gasteiger partial charge in [-0.05, 0) is 6.42 Å². The number of imidazole rings is 2. The topological polar surface area (TPSA) is 77.0 Å². The lowest BCUT2D eigenvalue weighted by Crippen LogP contribution is -2.06. The maximum Gasteiger partial charge on any atom is 0.201 e. The quantitative estimate of drug-likeness (QED) is 0.655. The fraction of sp³-hybridized carbons (Fsp3) is 0.333. The number of rotatable bonds is 7. The summed E-state index contributed by atoms with van der Waals surface area (Å²) in [7, 11) is 3.24. The minimum Gasteiger partial charge on any atom is -0.493 e. The van der Waals surface area contributed by atoms with Crippen molar-refractivity contribution in [3.05, 3.63) is 30.9 Å². The summed E-state index contributed by atoms with van der Waals surface area (Å²) in [5.41, 5.74) is 1.75. The van der Waals surface area contributed by atoms with E-state index in [4.69, 9.17) is 9.47 Å². The van der Waals surface area contributed by atoms with Crippen LogP contribution in [0.25, 0.3) is 11.0 Å². The second-order valence-corrected chi connectivity index (χ2v) is 4.89. The van der Waals surface area contributed by atoms with Crippen LogP contribution in [-0.4, -0.2) is 40.3 Å². The Morgan fingerprint density at radius 3 is 2.77 bits per heavy atom. The van der Waals surface area contributed by atoms with Crippen LogP contribution in [0.15, 0.2) is 30.9 Å². The van der Waals surface area contributed by atoms with E-state index in [1.807, 2.05) is 24.7 Å². The predicted molar refractivity (Wildman–Crippen MR) is 84.5 cm³/mol. The van der Waals surface area contributed by atoms with Crippen LogP contribution in [-0.2, 0) is 6.54 Å². The van der Waals surface area contributed by atoms with Crippen LogP contribution in [0.5, 0.6) is 11.5 Å². The van der Waals surface area contributed by atoms with E-state index in [2.05, 4.69) is 24.8 Å². The molecule has 0 saturated heterocycles. The molecule has 0 fully saturated rings. The van der Waals surface area contributed by atoms with E-state index in [1.54, 1.807) is 20.4 Å². The molecule has 2 aromatic heterocycles. The van der Waals surface area contributed by atoms with Crippen molar-refractivity contribution >= 4 is 17.0 Å². The zero-order valence-electron chi connectivity index (χ0n) is 12.7. The molecule has 0 aliphatic rings. The van der Waals surface area contributed by atoms with E-state index >= 15 is 0 Å². The van der Waals surface area contributed by atoms with Gasteiger partial charge in [0.1, 0.15) is 0 Å². The van der Waals surface area contributed by atoms with Crippen molar-refractivity contribution in [3.63, 3.8) is 0 Å². The molecule has 7 heteroatoms. The highest BCUT2D eigenvalue weighted by atomic mass is 16.5. The van der Waals surface area contributed by atoms with Crippen LogP contribution >= 0.6 is 0 Å². The van der Waals surface area contributed by atoms with Crippen molar-refractivity contribution in [2.75, 3.05) is 26.1 Å². The van der Waals surface area contributed by atoms with Crippen molar-refractivity contribution < 1.29 is 9.47 Å². The summed E-state index contributed by atoms with van der Waals surface area (Å²) in [6.45, 7) is 1.75. The molecular formula is C15H19N5O2. The predicted octanol–water partition coefficient (Wildman–Crippen LogP) is 2.28. The van der Waals surface area contributed by atoms with Gasteiger partial charge in [0.25, 0.3) is 0 Å². The molecule has 1 aromatic carbocycles. The molecule has 7 nitrogen and oxygen atoms in total. The molecule has 0 radical (unpaired) electrons. The van der Waals surface area contributed by atoms with E-state index in [9.17, 15) is 0 Å². The second-order valence-electron chi connectivity index (χ2n) is 4.89. The molecule has 22 heavy (non-hydrogen) atoms. The summed E-state index contributed by atoms with van der Waals surface area (Å²) in [6, 6.07) is 3.75. The van der Waals surface area contributed by atoms with Crippen molar-refractivity contribution in [2.45, 2.75) is 13.0 Å². The number of aromatic nitrogens is 4. The molecule has 0 unspecified atom stereocenters. The zero-order chi connectivity index (χ0) is 15.4.